The van der Waals surface area contributed by atoms with E-state index < -0.39 is 6.10 Å². The molecule has 0 spiro atoms. The third-order valence-electron chi connectivity index (χ3n) is 9.59. The van der Waals surface area contributed by atoms with E-state index in [0.29, 0.717) is 13.0 Å². The van der Waals surface area contributed by atoms with Gasteiger partial charge < -0.3 is 14.2 Å². The summed E-state index contributed by atoms with van der Waals surface area (Å²) in [6.45, 7) is 7.49. The fraction of sp³-hybridized carbons (Fsp3) is 0.660. The first-order valence-corrected chi connectivity index (χ1v) is 23.8. The first-order chi connectivity index (χ1) is 28.6. The molecule has 0 aliphatic carbocycles. The maximum Gasteiger partial charge on any atom is 0.309 e. The van der Waals surface area contributed by atoms with E-state index >= 15 is 0 Å². The van der Waals surface area contributed by atoms with Crippen molar-refractivity contribution in [1.29, 1.82) is 0 Å². The molecule has 5 heteroatoms. The van der Waals surface area contributed by atoms with Gasteiger partial charge in [-0.05, 0) is 96.3 Å². The van der Waals surface area contributed by atoms with Gasteiger partial charge in [0.2, 0.25) is 0 Å². The molecule has 0 amide bonds. The minimum Gasteiger partial charge on any atom is -0.461 e. The van der Waals surface area contributed by atoms with Gasteiger partial charge in [0, 0.05) is 13.0 Å². The molecule has 0 heterocycles. The minimum absolute atomic E-state index is 0.0182. The lowest BCUT2D eigenvalue weighted by atomic mass is 10.1. The summed E-state index contributed by atoms with van der Waals surface area (Å²) in [5.41, 5.74) is 0. The fourth-order valence-electron chi connectivity index (χ4n) is 6.08. The Morgan fingerprint density at radius 1 is 0.414 bits per heavy atom. The van der Waals surface area contributed by atoms with Gasteiger partial charge in [0.25, 0.3) is 0 Å². The molecular formula is C53H88O5. The average molecular weight is 805 g/mol. The molecule has 1 unspecified atom stereocenters. The molecule has 0 aromatic heterocycles. The lowest BCUT2D eigenvalue weighted by Crippen LogP contribution is -2.30. The van der Waals surface area contributed by atoms with Gasteiger partial charge in [-0.25, -0.2) is 0 Å². The Morgan fingerprint density at radius 2 is 0.862 bits per heavy atom. The molecule has 0 radical (unpaired) electrons. The highest BCUT2D eigenvalue weighted by Crippen LogP contribution is 2.12. The highest BCUT2D eigenvalue weighted by molar-refractivity contribution is 5.71. The summed E-state index contributed by atoms with van der Waals surface area (Å²) in [5, 5.41) is 0. The molecular weight excluding hydrogens is 717 g/mol. The van der Waals surface area contributed by atoms with Crippen LogP contribution >= 0.6 is 0 Å². The van der Waals surface area contributed by atoms with E-state index in [9.17, 15) is 9.59 Å². The van der Waals surface area contributed by atoms with Crippen LogP contribution in [0.1, 0.15) is 201 Å². The zero-order valence-electron chi connectivity index (χ0n) is 37.8. The molecule has 0 aliphatic rings. The maximum absolute atomic E-state index is 12.7. The van der Waals surface area contributed by atoms with E-state index in [2.05, 4.69) is 106 Å². The smallest absolute Gasteiger partial charge is 0.309 e. The number of unbranched alkanes of at least 4 members (excludes halogenated alkanes) is 16. The number of carbonyl (C=O) groups is 2. The van der Waals surface area contributed by atoms with Crippen molar-refractivity contribution < 1.29 is 23.8 Å². The Bertz CT molecular complexity index is 1140. The predicted octanol–water partition coefficient (Wildman–Crippen LogP) is 15.9. The van der Waals surface area contributed by atoms with Crippen LogP contribution in [0.5, 0.6) is 0 Å². The molecule has 0 rings (SSSR count). The summed E-state index contributed by atoms with van der Waals surface area (Å²) >= 11 is 0. The second-order valence-electron chi connectivity index (χ2n) is 15.3. The summed E-state index contributed by atoms with van der Waals surface area (Å²) in [7, 11) is 0. The molecule has 5 nitrogen and oxygen atoms in total. The van der Waals surface area contributed by atoms with Gasteiger partial charge in [0.05, 0.1) is 13.0 Å². The molecule has 1 atom stereocenters. The minimum atomic E-state index is -0.590. The van der Waals surface area contributed by atoms with Crippen molar-refractivity contribution in [3.8, 4) is 0 Å². The van der Waals surface area contributed by atoms with Crippen LogP contribution in [0, 0.1) is 0 Å². The van der Waals surface area contributed by atoms with Crippen molar-refractivity contribution in [2.45, 2.75) is 207 Å². The summed E-state index contributed by atoms with van der Waals surface area (Å²) in [6, 6.07) is 0. The molecule has 0 saturated heterocycles. The maximum atomic E-state index is 12.7. The van der Waals surface area contributed by atoms with Crippen molar-refractivity contribution in [3.63, 3.8) is 0 Å². The van der Waals surface area contributed by atoms with E-state index in [1.165, 1.54) is 83.5 Å². The van der Waals surface area contributed by atoms with Gasteiger partial charge in [0.15, 0.2) is 6.10 Å². The molecule has 0 bridgehead atoms. The molecule has 0 aliphatic heterocycles. The van der Waals surface area contributed by atoms with E-state index in [1.54, 1.807) is 0 Å². The molecule has 330 valence electrons. The fourth-order valence-corrected chi connectivity index (χ4v) is 6.08. The third-order valence-corrected chi connectivity index (χ3v) is 9.59. The molecule has 0 fully saturated rings. The number of esters is 2. The summed E-state index contributed by atoms with van der Waals surface area (Å²) < 4.78 is 17.2. The molecule has 58 heavy (non-hydrogen) atoms. The Morgan fingerprint density at radius 3 is 1.41 bits per heavy atom. The van der Waals surface area contributed by atoms with Crippen LogP contribution in [0.3, 0.4) is 0 Å². The highest BCUT2D eigenvalue weighted by atomic mass is 16.6. The number of rotatable bonds is 42. The van der Waals surface area contributed by atoms with Gasteiger partial charge in [-0.1, -0.05) is 189 Å². The number of carbonyl (C=O) groups excluding carboxylic acids is 2. The van der Waals surface area contributed by atoms with Gasteiger partial charge >= 0.3 is 11.9 Å². The summed E-state index contributed by atoms with van der Waals surface area (Å²) in [4.78, 5) is 25.2. The van der Waals surface area contributed by atoms with Crippen molar-refractivity contribution in [3.05, 3.63) is 97.2 Å². The predicted molar refractivity (Wildman–Crippen MR) is 251 cm³/mol. The van der Waals surface area contributed by atoms with Crippen LogP contribution in [0.2, 0.25) is 0 Å². The van der Waals surface area contributed by atoms with E-state index in [-0.39, 0.29) is 31.6 Å². The number of allylic oxidation sites excluding steroid dienone is 15. The van der Waals surface area contributed by atoms with E-state index in [1.807, 2.05) is 12.2 Å². The third kappa shape index (κ3) is 45.5. The van der Waals surface area contributed by atoms with Gasteiger partial charge in [0.1, 0.15) is 6.61 Å². The van der Waals surface area contributed by atoms with Crippen molar-refractivity contribution >= 4 is 11.9 Å². The lowest BCUT2D eigenvalue weighted by molar-refractivity contribution is -0.162. The Kier molecular flexibility index (Phi) is 45.5. The van der Waals surface area contributed by atoms with Crippen LogP contribution < -0.4 is 0 Å². The highest BCUT2D eigenvalue weighted by Gasteiger charge is 2.17. The zero-order valence-corrected chi connectivity index (χ0v) is 37.8. The van der Waals surface area contributed by atoms with Crippen LogP contribution in [0.25, 0.3) is 0 Å². The topological polar surface area (TPSA) is 61.8 Å². The largest absolute Gasteiger partial charge is 0.461 e. The van der Waals surface area contributed by atoms with E-state index in [4.69, 9.17) is 14.2 Å². The van der Waals surface area contributed by atoms with Crippen LogP contribution in [0.15, 0.2) is 97.2 Å². The van der Waals surface area contributed by atoms with Gasteiger partial charge in [-0.15, -0.1) is 0 Å². The normalized spacial score (nSPS) is 13.1. The Hall–Kier alpha value is -3.18. The first-order valence-electron chi connectivity index (χ1n) is 23.8. The van der Waals surface area contributed by atoms with E-state index in [0.717, 1.165) is 83.5 Å². The average Bonchev–Trinajstić information content (AvgIpc) is 3.22. The molecule has 0 saturated carbocycles. The SMILES string of the molecule is CC/C=C\C/C=C\C/C=C\C/C=C\C/C=C\CC(=O)OCC(COCCCCCCCC/C=C\CCCCCC)OC(=O)CCCCCCC/C=C\C/C=C\CCC. The molecule has 0 N–H and O–H groups in total. The number of hydrogen-bond acceptors (Lipinski definition) is 5. The van der Waals surface area contributed by atoms with Gasteiger partial charge in [-0.2, -0.15) is 0 Å². The Balaban J connectivity index is 4.44. The Labute approximate surface area is 358 Å². The van der Waals surface area contributed by atoms with Crippen LogP contribution in [-0.2, 0) is 23.8 Å². The van der Waals surface area contributed by atoms with Crippen molar-refractivity contribution in [2.24, 2.45) is 0 Å². The summed E-state index contributed by atoms with van der Waals surface area (Å²) in [5.74, 6) is -0.569. The number of hydrogen-bond donors (Lipinski definition) is 0. The van der Waals surface area contributed by atoms with Gasteiger partial charge in [-0.3, -0.25) is 9.59 Å². The first kappa shape index (κ1) is 54.8. The monoisotopic (exact) mass is 805 g/mol. The molecule has 0 aromatic carbocycles. The second kappa shape index (κ2) is 48.2. The van der Waals surface area contributed by atoms with Crippen LogP contribution in [-0.4, -0.2) is 37.9 Å². The van der Waals surface area contributed by atoms with Crippen LogP contribution in [0.4, 0.5) is 0 Å². The second-order valence-corrected chi connectivity index (χ2v) is 15.3. The van der Waals surface area contributed by atoms with Crippen molar-refractivity contribution in [2.75, 3.05) is 19.8 Å². The lowest BCUT2D eigenvalue weighted by Gasteiger charge is -2.18. The zero-order chi connectivity index (χ0) is 42.1. The standard InChI is InChI=1S/C53H88O5/c1-4-7-10-13-16-19-22-25-27-29-31-34-37-40-43-46-52(54)57-50-51(49-56-48-45-42-39-36-33-30-26-23-20-17-14-11-8-5-2)58-53(55)47-44-41-38-35-32-28-24-21-18-15-12-9-6-3/h7,10,12,15-16,19-21,23-25,27,31,34,40,43,51H,4-6,8-9,11,13-14,17-18,22,26,28-30,32-33,35-39,41-42,44-50H2,1-3H3/b10-7-,15-12-,19-16-,23-20-,24-21-,27-25-,34-31-,43-40-. The van der Waals surface area contributed by atoms with Crippen molar-refractivity contribution in [1.82, 2.24) is 0 Å². The summed E-state index contributed by atoms with van der Waals surface area (Å²) in [6.07, 6.45) is 64.3. The number of ether oxygens (including phenoxy) is 3. The quantitative estimate of drug-likeness (QED) is 0.0349. The molecule has 0 aromatic rings.